The predicted molar refractivity (Wildman–Crippen MR) is 106 cm³/mol. The van der Waals surface area contributed by atoms with Gasteiger partial charge in [-0.05, 0) is 26.2 Å². The quantitative estimate of drug-likeness (QED) is 0.271. The lowest BCUT2D eigenvalue weighted by Crippen LogP contribution is -2.21. The summed E-state index contributed by atoms with van der Waals surface area (Å²) in [7, 11) is 4.05. The molecule has 0 fully saturated rings. The number of thiazole rings is 1. The molecule has 2 aromatic rings. The third-order valence-corrected chi connectivity index (χ3v) is 4.92. The number of rotatable bonds is 11. The van der Waals surface area contributed by atoms with Crippen molar-refractivity contribution in [3.63, 3.8) is 0 Å². The van der Waals surface area contributed by atoms with Crippen molar-refractivity contribution in [1.82, 2.24) is 15.2 Å². The largest absolute Gasteiger partial charge is 0.436 e. The van der Waals surface area contributed by atoms with Crippen molar-refractivity contribution in [2.75, 3.05) is 26.4 Å². The van der Waals surface area contributed by atoms with E-state index in [9.17, 15) is 10.1 Å². The Morgan fingerprint density at radius 2 is 2.19 bits per heavy atom. The molecule has 0 saturated carbocycles. The molecule has 140 valence electrons. The van der Waals surface area contributed by atoms with E-state index in [0.717, 1.165) is 35.0 Å². The summed E-state index contributed by atoms with van der Waals surface area (Å²) in [5.74, 6) is 2.29. The third kappa shape index (κ3) is 7.85. The lowest BCUT2D eigenvalue weighted by Gasteiger charge is -2.10. The highest BCUT2D eigenvalue weighted by molar-refractivity contribution is 7.98. The SMILES string of the molecule is CN(C)Cc1nc(CSCCN/C(=C/[N+](=O)[O-])Oc2ccccc2)cs1. The van der Waals surface area contributed by atoms with Crippen molar-refractivity contribution in [2.45, 2.75) is 12.3 Å². The molecule has 0 atom stereocenters. The fourth-order valence-corrected chi connectivity index (χ4v) is 3.76. The Labute approximate surface area is 161 Å². The molecule has 0 aliphatic heterocycles. The Hall–Kier alpha value is -2.10. The van der Waals surface area contributed by atoms with Gasteiger partial charge in [-0.1, -0.05) is 18.2 Å². The van der Waals surface area contributed by atoms with Crippen LogP contribution in [0.3, 0.4) is 0 Å². The Morgan fingerprint density at radius 3 is 2.88 bits per heavy atom. The first kappa shape index (κ1) is 20.2. The number of para-hydroxylation sites is 1. The van der Waals surface area contributed by atoms with Crippen LogP contribution in [-0.2, 0) is 12.3 Å². The molecule has 1 N–H and O–H groups in total. The molecule has 0 saturated heterocycles. The van der Waals surface area contributed by atoms with Crippen LogP contribution < -0.4 is 10.1 Å². The van der Waals surface area contributed by atoms with E-state index >= 15 is 0 Å². The van der Waals surface area contributed by atoms with Gasteiger partial charge in [0.15, 0.2) is 0 Å². The van der Waals surface area contributed by atoms with Crippen molar-refractivity contribution in [3.05, 3.63) is 68.6 Å². The first-order valence-corrected chi connectivity index (χ1v) is 10.0. The van der Waals surface area contributed by atoms with Crippen LogP contribution in [0.5, 0.6) is 5.75 Å². The molecule has 0 spiro atoms. The molecule has 7 nitrogen and oxygen atoms in total. The normalized spacial score (nSPS) is 11.6. The minimum atomic E-state index is -0.528. The number of aromatic nitrogens is 1. The third-order valence-electron chi connectivity index (χ3n) is 3.04. The monoisotopic (exact) mass is 394 g/mol. The summed E-state index contributed by atoms with van der Waals surface area (Å²) in [6.07, 6.45) is 0.839. The first-order valence-electron chi connectivity index (χ1n) is 8.01. The van der Waals surface area contributed by atoms with Gasteiger partial charge in [0, 0.05) is 30.0 Å². The van der Waals surface area contributed by atoms with Crippen LogP contribution in [0.2, 0.25) is 0 Å². The van der Waals surface area contributed by atoms with Crippen LogP contribution in [0.1, 0.15) is 10.7 Å². The van der Waals surface area contributed by atoms with Crippen molar-refractivity contribution >= 4 is 23.1 Å². The number of benzene rings is 1. The zero-order valence-corrected chi connectivity index (χ0v) is 16.4. The highest BCUT2D eigenvalue weighted by Gasteiger charge is 2.07. The van der Waals surface area contributed by atoms with Gasteiger partial charge in [-0.2, -0.15) is 11.8 Å². The Morgan fingerprint density at radius 1 is 1.42 bits per heavy atom. The average Bonchev–Trinajstić information content (AvgIpc) is 3.01. The Balaban J connectivity index is 1.73. The number of nitrogens with zero attached hydrogens (tertiary/aromatic N) is 3. The number of hydrogen-bond donors (Lipinski definition) is 1. The van der Waals surface area contributed by atoms with Gasteiger partial charge in [0.2, 0.25) is 0 Å². The molecule has 0 amide bonds. The summed E-state index contributed by atoms with van der Waals surface area (Å²) < 4.78 is 5.51. The van der Waals surface area contributed by atoms with Gasteiger partial charge in [0.1, 0.15) is 10.8 Å². The molecule has 26 heavy (non-hydrogen) atoms. The zero-order valence-electron chi connectivity index (χ0n) is 14.8. The first-order chi connectivity index (χ1) is 12.5. The number of hydrogen-bond acceptors (Lipinski definition) is 8. The second kappa shape index (κ2) is 10.8. The maximum atomic E-state index is 10.7. The molecular formula is C17H22N4O3S2. The van der Waals surface area contributed by atoms with Crippen LogP contribution in [0.25, 0.3) is 0 Å². The summed E-state index contributed by atoms with van der Waals surface area (Å²) in [5.41, 5.74) is 1.07. The van der Waals surface area contributed by atoms with Gasteiger partial charge < -0.3 is 15.0 Å². The van der Waals surface area contributed by atoms with Gasteiger partial charge in [-0.25, -0.2) is 4.98 Å². The van der Waals surface area contributed by atoms with Gasteiger partial charge in [-0.15, -0.1) is 11.3 Å². The van der Waals surface area contributed by atoms with Gasteiger partial charge in [0.25, 0.3) is 12.1 Å². The van der Waals surface area contributed by atoms with E-state index in [1.165, 1.54) is 0 Å². The van der Waals surface area contributed by atoms with E-state index in [-0.39, 0.29) is 5.88 Å². The van der Waals surface area contributed by atoms with E-state index in [1.807, 2.05) is 32.3 Å². The van der Waals surface area contributed by atoms with Crippen molar-refractivity contribution in [1.29, 1.82) is 0 Å². The summed E-state index contributed by atoms with van der Waals surface area (Å²) >= 11 is 3.39. The summed E-state index contributed by atoms with van der Waals surface area (Å²) in [4.78, 5) is 16.9. The van der Waals surface area contributed by atoms with Crippen LogP contribution >= 0.6 is 23.1 Å². The minimum Gasteiger partial charge on any atom is -0.436 e. The number of nitro groups is 1. The highest BCUT2D eigenvalue weighted by atomic mass is 32.2. The maximum Gasteiger partial charge on any atom is 0.294 e. The lowest BCUT2D eigenvalue weighted by atomic mass is 10.3. The minimum absolute atomic E-state index is 0.128. The molecule has 9 heteroatoms. The van der Waals surface area contributed by atoms with Crippen molar-refractivity contribution < 1.29 is 9.66 Å². The molecule has 0 radical (unpaired) electrons. The van der Waals surface area contributed by atoms with Gasteiger partial charge in [-0.3, -0.25) is 10.1 Å². The van der Waals surface area contributed by atoms with E-state index in [2.05, 4.69) is 20.6 Å². The number of thioether (sulfide) groups is 1. The van der Waals surface area contributed by atoms with E-state index in [0.29, 0.717) is 12.3 Å². The second-order valence-electron chi connectivity index (χ2n) is 5.64. The molecule has 1 aromatic heterocycles. The van der Waals surface area contributed by atoms with Crippen LogP contribution in [0.15, 0.2) is 47.8 Å². The Bertz CT molecular complexity index is 720. The van der Waals surface area contributed by atoms with Crippen LogP contribution in [0.4, 0.5) is 0 Å². The van der Waals surface area contributed by atoms with E-state index in [1.54, 1.807) is 35.2 Å². The molecule has 0 aliphatic rings. The topological polar surface area (TPSA) is 80.5 Å². The van der Waals surface area contributed by atoms with Crippen LogP contribution in [-0.4, -0.2) is 41.2 Å². The lowest BCUT2D eigenvalue weighted by molar-refractivity contribution is -0.405. The molecule has 1 aromatic carbocycles. The van der Waals surface area contributed by atoms with E-state index in [4.69, 9.17) is 4.74 Å². The number of ether oxygens (including phenoxy) is 1. The fraction of sp³-hybridized carbons (Fsp3) is 0.353. The van der Waals surface area contributed by atoms with Crippen LogP contribution in [0, 0.1) is 10.1 Å². The summed E-state index contributed by atoms with van der Waals surface area (Å²) in [6.45, 7) is 1.41. The molecular weight excluding hydrogens is 372 g/mol. The van der Waals surface area contributed by atoms with Crippen molar-refractivity contribution in [3.8, 4) is 5.75 Å². The van der Waals surface area contributed by atoms with Gasteiger partial charge in [0.05, 0.1) is 10.6 Å². The average molecular weight is 395 g/mol. The molecule has 0 unspecified atom stereocenters. The van der Waals surface area contributed by atoms with E-state index < -0.39 is 4.92 Å². The summed E-state index contributed by atoms with van der Waals surface area (Å²) in [5, 5.41) is 16.9. The Kier molecular flexibility index (Phi) is 8.39. The van der Waals surface area contributed by atoms with Gasteiger partial charge >= 0.3 is 0 Å². The zero-order chi connectivity index (χ0) is 18.8. The fourth-order valence-electron chi connectivity index (χ4n) is 2.00. The smallest absolute Gasteiger partial charge is 0.294 e. The number of nitrogens with one attached hydrogen (secondary N) is 1. The molecule has 0 bridgehead atoms. The predicted octanol–water partition coefficient (Wildman–Crippen LogP) is 3.18. The summed E-state index contributed by atoms with van der Waals surface area (Å²) in [6, 6.07) is 8.98. The molecule has 2 rings (SSSR count). The highest BCUT2D eigenvalue weighted by Crippen LogP contribution is 2.17. The second-order valence-corrected chi connectivity index (χ2v) is 7.69. The van der Waals surface area contributed by atoms with Crippen molar-refractivity contribution in [2.24, 2.45) is 0 Å². The maximum absolute atomic E-state index is 10.7. The molecule has 1 heterocycles. The standard InChI is InChI=1S/C17H22N4O3S2/c1-20(2)11-17-19-14(13-26-17)12-25-9-8-18-16(10-21(22)23)24-15-6-4-3-5-7-15/h3-7,10,13,18H,8-9,11-12H2,1-2H3/b16-10-. The molecule has 0 aliphatic carbocycles.